The van der Waals surface area contributed by atoms with Crippen molar-refractivity contribution in [1.82, 2.24) is 9.97 Å². The molecule has 4 nitrogen and oxygen atoms in total. The number of halogens is 4. The Kier molecular flexibility index (Phi) is 4.72. The highest BCUT2D eigenvalue weighted by atomic mass is 19.4. The van der Waals surface area contributed by atoms with Crippen LogP contribution in [0.4, 0.5) is 29.3 Å². The molecule has 1 heterocycles. The fourth-order valence-electron chi connectivity index (χ4n) is 1.82. The van der Waals surface area contributed by atoms with Gasteiger partial charge in [0.1, 0.15) is 11.6 Å². The van der Waals surface area contributed by atoms with Gasteiger partial charge in [0.15, 0.2) is 5.69 Å². The lowest BCUT2D eigenvalue weighted by atomic mass is 10.1. The van der Waals surface area contributed by atoms with Crippen molar-refractivity contribution in [3.63, 3.8) is 0 Å². The fraction of sp³-hybridized carbons (Fsp3) is 0.333. The summed E-state index contributed by atoms with van der Waals surface area (Å²) < 4.78 is 52.1. The van der Waals surface area contributed by atoms with Crippen molar-refractivity contribution in [3.05, 3.63) is 46.9 Å². The minimum Gasteiger partial charge on any atom is -0.363 e. The van der Waals surface area contributed by atoms with Crippen LogP contribution in [0.15, 0.2) is 24.3 Å². The number of anilines is 2. The topological polar surface area (TPSA) is 41.1 Å². The second-order valence-electron chi connectivity index (χ2n) is 5.26. The van der Waals surface area contributed by atoms with E-state index in [1.165, 1.54) is 11.0 Å². The molecular weight excluding hydrogens is 312 g/mol. The minimum atomic E-state index is -4.57. The summed E-state index contributed by atoms with van der Waals surface area (Å²) in [7, 11) is 3.17. The van der Waals surface area contributed by atoms with E-state index in [1.807, 2.05) is 0 Å². The molecule has 0 unspecified atom stereocenters. The Labute approximate surface area is 131 Å². The second kappa shape index (κ2) is 6.39. The maximum Gasteiger partial charge on any atom is 0.433 e. The summed E-state index contributed by atoms with van der Waals surface area (Å²) in [5.41, 5.74) is 0.0493. The van der Waals surface area contributed by atoms with Crippen LogP contribution in [0.1, 0.15) is 16.8 Å². The smallest absolute Gasteiger partial charge is 0.363 e. The number of nitrogens with one attached hydrogen (secondary N) is 1. The Morgan fingerprint density at radius 3 is 2.39 bits per heavy atom. The van der Waals surface area contributed by atoms with Crippen LogP contribution in [0.2, 0.25) is 0 Å². The van der Waals surface area contributed by atoms with Crippen LogP contribution in [0, 0.1) is 12.7 Å². The average Bonchev–Trinajstić information content (AvgIpc) is 2.47. The van der Waals surface area contributed by atoms with E-state index in [0.717, 1.165) is 6.07 Å². The van der Waals surface area contributed by atoms with Crippen LogP contribution in [-0.4, -0.2) is 24.1 Å². The van der Waals surface area contributed by atoms with E-state index < -0.39 is 11.9 Å². The molecule has 23 heavy (non-hydrogen) atoms. The Balaban J connectivity index is 2.24. The maximum atomic E-state index is 13.5. The van der Waals surface area contributed by atoms with E-state index in [0.29, 0.717) is 11.1 Å². The fourth-order valence-corrected chi connectivity index (χ4v) is 1.82. The average molecular weight is 328 g/mol. The van der Waals surface area contributed by atoms with Crippen LogP contribution < -0.4 is 10.2 Å². The molecule has 2 rings (SSSR count). The highest BCUT2D eigenvalue weighted by Crippen LogP contribution is 2.30. The number of hydrogen-bond donors (Lipinski definition) is 1. The van der Waals surface area contributed by atoms with Gasteiger partial charge in [0, 0.05) is 26.7 Å². The highest BCUT2D eigenvalue weighted by molar-refractivity contribution is 5.44. The third-order valence-electron chi connectivity index (χ3n) is 3.15. The molecule has 0 saturated carbocycles. The molecule has 0 bridgehead atoms. The van der Waals surface area contributed by atoms with Crippen molar-refractivity contribution in [2.75, 3.05) is 24.3 Å². The summed E-state index contributed by atoms with van der Waals surface area (Å²) in [6.45, 7) is 1.75. The summed E-state index contributed by atoms with van der Waals surface area (Å²) >= 11 is 0. The first-order valence-corrected chi connectivity index (χ1v) is 6.79. The molecule has 0 spiro atoms. The van der Waals surface area contributed by atoms with E-state index in [4.69, 9.17) is 0 Å². The summed E-state index contributed by atoms with van der Waals surface area (Å²) in [4.78, 5) is 8.94. The number of rotatable bonds is 4. The summed E-state index contributed by atoms with van der Waals surface area (Å²) in [6.07, 6.45) is -4.57. The Morgan fingerprint density at radius 2 is 1.83 bits per heavy atom. The number of alkyl halides is 3. The number of aromatic nitrogens is 2. The lowest BCUT2D eigenvalue weighted by Crippen LogP contribution is -2.17. The van der Waals surface area contributed by atoms with Gasteiger partial charge >= 0.3 is 6.18 Å². The predicted octanol–water partition coefficient (Wildman–Crippen LogP) is 3.62. The molecule has 0 saturated heterocycles. The van der Waals surface area contributed by atoms with E-state index in [-0.39, 0.29) is 24.1 Å². The molecule has 0 radical (unpaired) electrons. The van der Waals surface area contributed by atoms with Gasteiger partial charge in [0.2, 0.25) is 5.95 Å². The molecule has 0 fully saturated rings. The standard InChI is InChI=1S/C15H16F4N4/c1-9-4-5-10(6-11(9)16)8-20-14-21-12(15(17,18)19)7-13(22-14)23(2)3/h4-7H,8H2,1-3H3,(H,20,21,22). The number of nitrogens with zero attached hydrogens (tertiary/aromatic N) is 3. The predicted molar refractivity (Wildman–Crippen MR) is 79.8 cm³/mol. The number of benzene rings is 1. The largest absolute Gasteiger partial charge is 0.433 e. The zero-order chi connectivity index (χ0) is 17.2. The lowest BCUT2D eigenvalue weighted by molar-refractivity contribution is -0.141. The summed E-state index contributed by atoms with van der Waals surface area (Å²) in [5.74, 6) is -0.405. The normalized spacial score (nSPS) is 11.4. The highest BCUT2D eigenvalue weighted by Gasteiger charge is 2.34. The molecule has 1 N–H and O–H groups in total. The van der Waals surface area contributed by atoms with Crippen molar-refractivity contribution in [1.29, 1.82) is 0 Å². The van der Waals surface area contributed by atoms with Gasteiger partial charge < -0.3 is 10.2 Å². The Bertz CT molecular complexity index is 698. The molecule has 0 aliphatic carbocycles. The minimum absolute atomic E-state index is 0.116. The third kappa shape index (κ3) is 4.30. The first-order valence-electron chi connectivity index (χ1n) is 6.79. The van der Waals surface area contributed by atoms with Crippen LogP contribution in [0.5, 0.6) is 0 Å². The van der Waals surface area contributed by atoms with E-state index in [9.17, 15) is 17.6 Å². The van der Waals surface area contributed by atoms with Gasteiger partial charge in [-0.1, -0.05) is 12.1 Å². The van der Waals surface area contributed by atoms with Crippen LogP contribution in [0.3, 0.4) is 0 Å². The molecule has 0 aliphatic heterocycles. The Hall–Kier alpha value is -2.38. The van der Waals surface area contributed by atoms with E-state index in [1.54, 1.807) is 33.2 Å². The van der Waals surface area contributed by atoms with Gasteiger partial charge in [-0.15, -0.1) is 0 Å². The molecular formula is C15H16F4N4. The first kappa shape index (κ1) is 17.0. The van der Waals surface area contributed by atoms with Crippen molar-refractivity contribution in [2.45, 2.75) is 19.6 Å². The molecule has 0 aliphatic rings. The molecule has 0 amide bonds. The van der Waals surface area contributed by atoms with Gasteiger partial charge in [0.25, 0.3) is 0 Å². The number of hydrogen-bond acceptors (Lipinski definition) is 4. The zero-order valence-corrected chi connectivity index (χ0v) is 12.9. The van der Waals surface area contributed by atoms with Crippen molar-refractivity contribution in [3.8, 4) is 0 Å². The van der Waals surface area contributed by atoms with Gasteiger partial charge in [0.05, 0.1) is 0 Å². The first-order chi connectivity index (χ1) is 10.7. The number of aryl methyl sites for hydroxylation is 1. The summed E-state index contributed by atoms with van der Waals surface area (Å²) in [6, 6.07) is 5.48. The van der Waals surface area contributed by atoms with Gasteiger partial charge in [-0.05, 0) is 24.1 Å². The molecule has 8 heteroatoms. The van der Waals surface area contributed by atoms with Crippen LogP contribution in [0.25, 0.3) is 0 Å². The quantitative estimate of drug-likeness (QED) is 0.871. The van der Waals surface area contributed by atoms with Crippen molar-refractivity contribution >= 4 is 11.8 Å². The second-order valence-corrected chi connectivity index (χ2v) is 5.26. The Morgan fingerprint density at radius 1 is 1.13 bits per heavy atom. The molecule has 0 atom stereocenters. The maximum absolute atomic E-state index is 13.5. The van der Waals surface area contributed by atoms with E-state index >= 15 is 0 Å². The van der Waals surface area contributed by atoms with Crippen molar-refractivity contribution < 1.29 is 17.6 Å². The van der Waals surface area contributed by atoms with Crippen LogP contribution >= 0.6 is 0 Å². The molecule has 124 valence electrons. The van der Waals surface area contributed by atoms with Gasteiger partial charge in [-0.25, -0.2) is 9.37 Å². The molecule has 1 aromatic carbocycles. The van der Waals surface area contributed by atoms with Crippen LogP contribution in [-0.2, 0) is 12.7 Å². The monoisotopic (exact) mass is 328 g/mol. The summed E-state index contributed by atoms with van der Waals surface area (Å²) in [5, 5.41) is 2.70. The third-order valence-corrected chi connectivity index (χ3v) is 3.15. The molecule has 2 aromatic rings. The van der Waals surface area contributed by atoms with Gasteiger partial charge in [-0.2, -0.15) is 18.2 Å². The van der Waals surface area contributed by atoms with E-state index in [2.05, 4.69) is 15.3 Å². The van der Waals surface area contributed by atoms with Crippen molar-refractivity contribution in [2.24, 2.45) is 0 Å². The SMILES string of the molecule is Cc1ccc(CNc2nc(N(C)C)cc(C(F)(F)F)n2)cc1F. The zero-order valence-electron chi connectivity index (χ0n) is 12.9. The molecule has 1 aromatic heterocycles. The van der Waals surface area contributed by atoms with Gasteiger partial charge in [-0.3, -0.25) is 0 Å². The lowest BCUT2D eigenvalue weighted by Gasteiger charge is -2.16.